The Labute approximate surface area is 133 Å². The van der Waals surface area contributed by atoms with Crippen molar-refractivity contribution in [3.05, 3.63) is 97.1 Å². The molecular formula is C21H23N. The second-order valence-corrected chi connectivity index (χ2v) is 6.04. The highest BCUT2D eigenvalue weighted by Crippen LogP contribution is 2.39. The minimum absolute atomic E-state index is 0.0397. The normalized spacial score (nSPS) is 20.4. The maximum atomic E-state index is 4.02. The average Bonchev–Trinajstić information content (AvgIpc) is 3.34. The summed E-state index contributed by atoms with van der Waals surface area (Å²) in [6.07, 6.45) is 5.03. The van der Waals surface area contributed by atoms with Crippen LogP contribution in [0.4, 0.5) is 0 Å². The molecule has 0 aliphatic carbocycles. The number of rotatable bonds is 7. The van der Waals surface area contributed by atoms with Crippen molar-refractivity contribution in [2.24, 2.45) is 0 Å². The van der Waals surface area contributed by atoms with Crippen molar-refractivity contribution in [1.29, 1.82) is 0 Å². The Bertz CT molecular complexity index is 590. The lowest BCUT2D eigenvalue weighted by atomic mass is 9.72. The summed E-state index contributed by atoms with van der Waals surface area (Å²) >= 11 is 0. The molecule has 112 valence electrons. The molecule has 2 aromatic carbocycles. The molecule has 3 rings (SSSR count). The Hall–Kier alpha value is -2.12. The summed E-state index contributed by atoms with van der Waals surface area (Å²) in [5.74, 6) is 0. The van der Waals surface area contributed by atoms with Crippen LogP contribution in [0.5, 0.6) is 0 Å². The van der Waals surface area contributed by atoms with Gasteiger partial charge in [0.05, 0.1) is 0 Å². The number of benzene rings is 2. The predicted molar refractivity (Wildman–Crippen MR) is 94.0 cm³/mol. The molecule has 2 atom stereocenters. The number of hydrogen-bond donors (Lipinski definition) is 0. The topological polar surface area (TPSA) is 3.01 Å². The van der Waals surface area contributed by atoms with Gasteiger partial charge in [-0.15, -0.1) is 13.2 Å². The van der Waals surface area contributed by atoms with E-state index in [-0.39, 0.29) is 5.41 Å². The fourth-order valence-corrected chi connectivity index (χ4v) is 3.36. The second-order valence-electron chi connectivity index (χ2n) is 6.04. The van der Waals surface area contributed by atoms with E-state index in [1.54, 1.807) is 0 Å². The molecule has 0 bridgehead atoms. The van der Waals surface area contributed by atoms with Gasteiger partial charge < -0.3 is 0 Å². The van der Waals surface area contributed by atoms with Crippen LogP contribution in [0.2, 0.25) is 0 Å². The van der Waals surface area contributed by atoms with E-state index in [0.717, 1.165) is 19.5 Å². The van der Waals surface area contributed by atoms with E-state index < -0.39 is 0 Å². The first kappa shape index (κ1) is 14.8. The zero-order chi connectivity index (χ0) is 15.4. The zero-order valence-corrected chi connectivity index (χ0v) is 13.0. The van der Waals surface area contributed by atoms with E-state index in [1.807, 2.05) is 6.08 Å². The molecule has 22 heavy (non-hydrogen) atoms. The second kappa shape index (κ2) is 6.33. The molecular weight excluding hydrogens is 266 g/mol. The van der Waals surface area contributed by atoms with Crippen LogP contribution < -0.4 is 0 Å². The maximum absolute atomic E-state index is 4.02. The third-order valence-electron chi connectivity index (χ3n) is 4.65. The Morgan fingerprint density at radius 2 is 1.50 bits per heavy atom. The van der Waals surface area contributed by atoms with Crippen molar-refractivity contribution in [3.63, 3.8) is 0 Å². The highest BCUT2D eigenvalue weighted by molar-refractivity contribution is 5.41. The minimum atomic E-state index is -0.0397. The van der Waals surface area contributed by atoms with Gasteiger partial charge in [0.1, 0.15) is 0 Å². The molecule has 0 spiro atoms. The Kier molecular flexibility index (Phi) is 4.26. The summed E-state index contributed by atoms with van der Waals surface area (Å²) < 4.78 is 0. The molecule has 0 saturated carbocycles. The molecule has 2 aromatic rings. The largest absolute Gasteiger partial charge is 0.293 e. The highest BCUT2D eigenvalue weighted by atomic mass is 15.3. The summed E-state index contributed by atoms with van der Waals surface area (Å²) in [6.45, 7) is 10.1. The molecule has 0 aromatic heterocycles. The zero-order valence-electron chi connectivity index (χ0n) is 13.0. The SMILES string of the molecule is C=CCC(CN1CC1C=C)(c1ccccc1)c1ccccc1. The van der Waals surface area contributed by atoms with Crippen LogP contribution in [0.3, 0.4) is 0 Å². The van der Waals surface area contributed by atoms with Crippen LogP contribution >= 0.6 is 0 Å². The molecule has 0 N–H and O–H groups in total. The van der Waals surface area contributed by atoms with Gasteiger partial charge in [0.2, 0.25) is 0 Å². The summed E-state index contributed by atoms with van der Waals surface area (Å²) in [7, 11) is 0. The van der Waals surface area contributed by atoms with Crippen LogP contribution in [0, 0.1) is 0 Å². The molecule has 0 amide bonds. The standard InChI is InChI=1S/C21H23N/c1-3-15-21(17-22-16-20(22)4-2,18-11-7-5-8-12-18)19-13-9-6-10-14-19/h3-14,20H,1-2,15-17H2. The fourth-order valence-electron chi connectivity index (χ4n) is 3.36. The Morgan fingerprint density at radius 3 is 1.91 bits per heavy atom. The third kappa shape index (κ3) is 2.77. The molecule has 1 heterocycles. The number of hydrogen-bond acceptors (Lipinski definition) is 1. The van der Waals surface area contributed by atoms with Gasteiger partial charge in [-0.1, -0.05) is 72.8 Å². The first-order chi connectivity index (χ1) is 10.8. The Morgan fingerprint density at radius 1 is 0.955 bits per heavy atom. The van der Waals surface area contributed by atoms with Crippen LogP contribution in [0.15, 0.2) is 86.0 Å². The van der Waals surface area contributed by atoms with E-state index in [2.05, 4.69) is 84.8 Å². The highest BCUT2D eigenvalue weighted by Gasteiger charge is 2.41. The average molecular weight is 289 g/mol. The van der Waals surface area contributed by atoms with Gasteiger partial charge in [0, 0.05) is 24.5 Å². The van der Waals surface area contributed by atoms with Crippen molar-refractivity contribution >= 4 is 0 Å². The van der Waals surface area contributed by atoms with Crippen molar-refractivity contribution in [2.45, 2.75) is 17.9 Å². The van der Waals surface area contributed by atoms with Crippen LogP contribution in [0.25, 0.3) is 0 Å². The molecule has 1 fully saturated rings. The van der Waals surface area contributed by atoms with Crippen molar-refractivity contribution in [2.75, 3.05) is 13.1 Å². The van der Waals surface area contributed by atoms with Gasteiger partial charge in [-0.25, -0.2) is 0 Å². The van der Waals surface area contributed by atoms with Crippen molar-refractivity contribution in [1.82, 2.24) is 4.90 Å². The van der Waals surface area contributed by atoms with Gasteiger partial charge in [0.15, 0.2) is 0 Å². The lowest BCUT2D eigenvalue weighted by Gasteiger charge is -2.35. The molecule has 1 aliphatic heterocycles. The molecule has 1 aliphatic rings. The molecule has 1 heteroatoms. The molecule has 1 saturated heterocycles. The molecule has 2 unspecified atom stereocenters. The number of nitrogens with zero attached hydrogens (tertiary/aromatic N) is 1. The monoisotopic (exact) mass is 289 g/mol. The maximum Gasteiger partial charge on any atom is 0.0404 e. The summed E-state index contributed by atoms with van der Waals surface area (Å²) in [5, 5.41) is 0. The fraction of sp³-hybridized carbons (Fsp3) is 0.238. The molecule has 1 nitrogen and oxygen atoms in total. The first-order valence-electron chi connectivity index (χ1n) is 7.89. The lowest BCUT2D eigenvalue weighted by molar-refractivity contribution is 0.386. The van der Waals surface area contributed by atoms with E-state index in [0.29, 0.717) is 6.04 Å². The van der Waals surface area contributed by atoms with Gasteiger partial charge in [0.25, 0.3) is 0 Å². The van der Waals surface area contributed by atoms with E-state index in [1.165, 1.54) is 11.1 Å². The summed E-state index contributed by atoms with van der Waals surface area (Å²) in [5.41, 5.74) is 2.67. The summed E-state index contributed by atoms with van der Waals surface area (Å²) in [4.78, 5) is 2.48. The number of allylic oxidation sites excluding steroid dienone is 1. The minimum Gasteiger partial charge on any atom is -0.293 e. The predicted octanol–water partition coefficient (Wildman–Crippen LogP) is 4.42. The van der Waals surface area contributed by atoms with E-state index in [4.69, 9.17) is 0 Å². The van der Waals surface area contributed by atoms with Crippen LogP contribution in [0.1, 0.15) is 17.5 Å². The first-order valence-corrected chi connectivity index (χ1v) is 7.89. The van der Waals surface area contributed by atoms with E-state index >= 15 is 0 Å². The third-order valence-corrected chi connectivity index (χ3v) is 4.65. The van der Waals surface area contributed by atoms with Crippen molar-refractivity contribution < 1.29 is 0 Å². The smallest absolute Gasteiger partial charge is 0.0404 e. The lowest BCUT2D eigenvalue weighted by Crippen LogP contribution is -2.35. The van der Waals surface area contributed by atoms with Gasteiger partial charge in [-0.3, -0.25) is 4.90 Å². The quantitative estimate of drug-likeness (QED) is 0.538. The molecule has 0 radical (unpaired) electrons. The van der Waals surface area contributed by atoms with Gasteiger partial charge >= 0.3 is 0 Å². The van der Waals surface area contributed by atoms with Crippen LogP contribution in [-0.4, -0.2) is 24.0 Å². The van der Waals surface area contributed by atoms with Gasteiger partial charge in [-0.05, 0) is 17.5 Å². The Balaban J connectivity index is 2.06. The van der Waals surface area contributed by atoms with Gasteiger partial charge in [-0.2, -0.15) is 0 Å². The van der Waals surface area contributed by atoms with Crippen molar-refractivity contribution in [3.8, 4) is 0 Å². The summed E-state index contributed by atoms with van der Waals surface area (Å²) in [6, 6.07) is 22.2. The van der Waals surface area contributed by atoms with E-state index in [9.17, 15) is 0 Å². The van der Waals surface area contributed by atoms with Crippen LogP contribution in [-0.2, 0) is 5.41 Å².